The Morgan fingerprint density at radius 1 is 1.53 bits per heavy atom. The van der Waals surface area contributed by atoms with Crippen molar-refractivity contribution in [3.8, 4) is 0 Å². The van der Waals surface area contributed by atoms with E-state index in [-0.39, 0.29) is 23.7 Å². The summed E-state index contributed by atoms with van der Waals surface area (Å²) >= 11 is 0. The first-order chi connectivity index (χ1) is 7.91. The SMILES string of the molecule is COC1=C(O)C=CC(C=CC(=O)O)(C(C)=O)C1. The highest BCUT2D eigenvalue weighted by molar-refractivity contribution is 5.89. The van der Waals surface area contributed by atoms with E-state index >= 15 is 0 Å². The van der Waals surface area contributed by atoms with E-state index in [1.165, 1.54) is 32.3 Å². The summed E-state index contributed by atoms with van der Waals surface area (Å²) in [6.45, 7) is 1.37. The molecule has 5 nitrogen and oxygen atoms in total. The summed E-state index contributed by atoms with van der Waals surface area (Å²) in [5.74, 6) is -1.13. The van der Waals surface area contributed by atoms with E-state index in [9.17, 15) is 14.7 Å². The van der Waals surface area contributed by atoms with Crippen LogP contribution in [0.1, 0.15) is 13.3 Å². The third-order valence-corrected chi connectivity index (χ3v) is 2.70. The van der Waals surface area contributed by atoms with Gasteiger partial charge in [0.2, 0.25) is 0 Å². The molecule has 1 atom stereocenters. The highest BCUT2D eigenvalue weighted by atomic mass is 16.5. The fraction of sp³-hybridized carbons (Fsp3) is 0.333. The summed E-state index contributed by atoms with van der Waals surface area (Å²) < 4.78 is 4.96. The number of Topliss-reactive ketones (excluding diaryl/α,β-unsaturated/α-hetero) is 1. The molecule has 0 bridgehead atoms. The molecule has 1 unspecified atom stereocenters. The van der Waals surface area contributed by atoms with Gasteiger partial charge in [0.15, 0.2) is 5.76 Å². The van der Waals surface area contributed by atoms with E-state index in [1.807, 2.05) is 0 Å². The summed E-state index contributed by atoms with van der Waals surface area (Å²) in [6, 6.07) is 0. The van der Waals surface area contributed by atoms with Crippen LogP contribution in [0.4, 0.5) is 0 Å². The maximum absolute atomic E-state index is 11.6. The average Bonchev–Trinajstić information content (AvgIpc) is 2.28. The van der Waals surface area contributed by atoms with Crippen LogP contribution < -0.4 is 0 Å². The monoisotopic (exact) mass is 238 g/mol. The molecule has 0 aromatic carbocycles. The minimum Gasteiger partial charge on any atom is -0.504 e. The minimum atomic E-state index is -1.13. The van der Waals surface area contributed by atoms with Gasteiger partial charge in [0, 0.05) is 12.5 Å². The van der Waals surface area contributed by atoms with Crippen molar-refractivity contribution in [3.63, 3.8) is 0 Å². The lowest BCUT2D eigenvalue weighted by molar-refractivity contribution is -0.131. The van der Waals surface area contributed by atoms with Crippen LogP contribution >= 0.6 is 0 Å². The van der Waals surface area contributed by atoms with Crippen LogP contribution in [0.15, 0.2) is 35.8 Å². The zero-order valence-corrected chi connectivity index (χ0v) is 9.64. The smallest absolute Gasteiger partial charge is 0.328 e. The van der Waals surface area contributed by atoms with Gasteiger partial charge in [-0.25, -0.2) is 4.79 Å². The molecule has 1 aliphatic carbocycles. The average molecular weight is 238 g/mol. The van der Waals surface area contributed by atoms with Crippen molar-refractivity contribution in [1.29, 1.82) is 0 Å². The zero-order valence-electron chi connectivity index (χ0n) is 9.64. The van der Waals surface area contributed by atoms with Crippen molar-refractivity contribution in [1.82, 2.24) is 0 Å². The van der Waals surface area contributed by atoms with Crippen LogP contribution in [0.25, 0.3) is 0 Å². The van der Waals surface area contributed by atoms with Gasteiger partial charge in [0.1, 0.15) is 11.5 Å². The van der Waals surface area contributed by atoms with E-state index in [1.54, 1.807) is 0 Å². The van der Waals surface area contributed by atoms with Gasteiger partial charge >= 0.3 is 5.97 Å². The normalized spacial score (nSPS) is 24.1. The van der Waals surface area contributed by atoms with Gasteiger partial charge in [0.05, 0.1) is 12.5 Å². The first kappa shape index (κ1) is 13.0. The second kappa shape index (κ2) is 4.86. The molecule has 0 amide bonds. The topological polar surface area (TPSA) is 83.8 Å². The zero-order chi connectivity index (χ0) is 13.1. The van der Waals surface area contributed by atoms with Crippen LogP contribution in [-0.4, -0.2) is 29.1 Å². The Labute approximate surface area is 98.7 Å². The molecule has 0 spiro atoms. The molecular weight excluding hydrogens is 224 g/mol. The second-order valence-electron chi connectivity index (χ2n) is 3.79. The number of aliphatic carboxylic acids is 1. The maximum Gasteiger partial charge on any atom is 0.328 e. The first-order valence-electron chi connectivity index (χ1n) is 5.00. The Hall–Kier alpha value is -2.04. The molecule has 0 radical (unpaired) electrons. The Balaban J connectivity index is 3.11. The molecule has 17 heavy (non-hydrogen) atoms. The van der Waals surface area contributed by atoms with Crippen LogP contribution in [0.2, 0.25) is 0 Å². The lowest BCUT2D eigenvalue weighted by Gasteiger charge is -2.28. The van der Waals surface area contributed by atoms with E-state index in [0.29, 0.717) is 0 Å². The van der Waals surface area contributed by atoms with E-state index < -0.39 is 11.4 Å². The molecule has 0 fully saturated rings. The molecule has 0 saturated carbocycles. The molecule has 0 aliphatic heterocycles. The number of carboxylic acids is 1. The maximum atomic E-state index is 11.6. The van der Waals surface area contributed by atoms with Gasteiger partial charge in [-0.05, 0) is 13.0 Å². The number of carboxylic acid groups (broad SMARTS) is 1. The molecule has 2 N–H and O–H groups in total. The fourth-order valence-electron chi connectivity index (χ4n) is 1.61. The van der Waals surface area contributed by atoms with Gasteiger partial charge in [0.25, 0.3) is 0 Å². The number of aliphatic hydroxyl groups excluding tert-OH is 1. The number of hydrogen-bond acceptors (Lipinski definition) is 4. The Kier molecular flexibility index (Phi) is 3.73. The van der Waals surface area contributed by atoms with E-state index in [4.69, 9.17) is 9.84 Å². The molecule has 0 aromatic rings. The molecule has 1 rings (SSSR count). The number of carbonyl (C=O) groups excluding carboxylic acids is 1. The highest BCUT2D eigenvalue weighted by Gasteiger charge is 2.35. The number of rotatable bonds is 4. The third kappa shape index (κ3) is 2.75. The van der Waals surface area contributed by atoms with Crippen molar-refractivity contribution in [3.05, 3.63) is 35.8 Å². The van der Waals surface area contributed by atoms with Crippen LogP contribution in [-0.2, 0) is 14.3 Å². The number of allylic oxidation sites excluding steroid dienone is 4. The van der Waals surface area contributed by atoms with E-state index in [0.717, 1.165) is 6.08 Å². The lowest BCUT2D eigenvalue weighted by Crippen LogP contribution is -2.28. The molecule has 1 aliphatic rings. The Bertz CT molecular complexity index is 430. The van der Waals surface area contributed by atoms with Gasteiger partial charge in [-0.3, -0.25) is 4.79 Å². The summed E-state index contributed by atoms with van der Waals surface area (Å²) in [7, 11) is 1.39. The van der Waals surface area contributed by atoms with Crippen molar-refractivity contribution >= 4 is 11.8 Å². The van der Waals surface area contributed by atoms with Crippen LogP contribution in [0, 0.1) is 5.41 Å². The quantitative estimate of drug-likeness (QED) is 0.726. The van der Waals surface area contributed by atoms with Crippen LogP contribution in [0.5, 0.6) is 0 Å². The summed E-state index contributed by atoms with van der Waals surface area (Å²) in [6.07, 6.45) is 5.16. The summed E-state index contributed by atoms with van der Waals surface area (Å²) in [5.41, 5.74) is -1.06. The van der Waals surface area contributed by atoms with Gasteiger partial charge in [-0.15, -0.1) is 0 Å². The largest absolute Gasteiger partial charge is 0.504 e. The van der Waals surface area contributed by atoms with Crippen molar-refractivity contribution in [2.75, 3.05) is 7.11 Å². The molecule has 0 saturated heterocycles. The second-order valence-corrected chi connectivity index (χ2v) is 3.79. The van der Waals surface area contributed by atoms with Gasteiger partial charge < -0.3 is 14.9 Å². The van der Waals surface area contributed by atoms with Gasteiger partial charge in [-0.1, -0.05) is 12.2 Å². The van der Waals surface area contributed by atoms with Crippen LogP contribution in [0.3, 0.4) is 0 Å². The Morgan fingerprint density at radius 3 is 2.65 bits per heavy atom. The molecular formula is C12H14O5. The third-order valence-electron chi connectivity index (χ3n) is 2.70. The number of aliphatic hydroxyl groups is 1. The molecule has 92 valence electrons. The first-order valence-corrected chi connectivity index (χ1v) is 5.00. The summed E-state index contributed by atoms with van der Waals surface area (Å²) in [5, 5.41) is 18.1. The van der Waals surface area contributed by atoms with Crippen molar-refractivity contribution in [2.45, 2.75) is 13.3 Å². The van der Waals surface area contributed by atoms with Gasteiger partial charge in [-0.2, -0.15) is 0 Å². The number of ketones is 1. The predicted octanol–water partition coefficient (Wildman–Crippen LogP) is 1.58. The standard InChI is InChI=1S/C12H14O5/c1-8(13)12(6-4-11(15)16)5-3-9(14)10(7-12)17-2/h3-6,14H,7H2,1-2H3,(H,15,16). The molecule has 0 heterocycles. The number of hydrogen-bond donors (Lipinski definition) is 2. The minimum absolute atomic E-state index is 0.0481. The Morgan fingerprint density at radius 2 is 2.18 bits per heavy atom. The fourth-order valence-corrected chi connectivity index (χ4v) is 1.61. The van der Waals surface area contributed by atoms with Crippen molar-refractivity contribution in [2.24, 2.45) is 5.41 Å². The predicted molar refractivity (Wildman–Crippen MR) is 60.3 cm³/mol. The lowest BCUT2D eigenvalue weighted by atomic mass is 9.77. The molecule has 5 heteroatoms. The van der Waals surface area contributed by atoms with Crippen molar-refractivity contribution < 1.29 is 24.5 Å². The summed E-state index contributed by atoms with van der Waals surface area (Å²) in [4.78, 5) is 22.2. The number of carbonyl (C=O) groups is 2. The van der Waals surface area contributed by atoms with E-state index in [2.05, 4.69) is 0 Å². The number of ether oxygens (including phenoxy) is 1. The molecule has 0 aromatic heterocycles. The highest BCUT2D eigenvalue weighted by Crippen LogP contribution is 2.36. The number of methoxy groups -OCH3 is 1.